The monoisotopic (exact) mass is 416 g/mol. The minimum absolute atomic E-state index is 0.113. The fourth-order valence-electron chi connectivity index (χ4n) is 3.62. The molecule has 1 aliphatic rings. The molecule has 0 unspecified atom stereocenters. The highest BCUT2D eigenvalue weighted by Gasteiger charge is 2.27. The Kier molecular flexibility index (Phi) is 7.14. The van der Waals surface area contributed by atoms with Crippen LogP contribution in [-0.2, 0) is 14.8 Å². The van der Waals surface area contributed by atoms with Gasteiger partial charge < -0.3 is 10.1 Å². The van der Waals surface area contributed by atoms with E-state index in [-0.39, 0.29) is 17.3 Å². The van der Waals surface area contributed by atoms with E-state index in [1.807, 2.05) is 6.07 Å². The van der Waals surface area contributed by atoms with Crippen LogP contribution in [0.3, 0.4) is 0 Å². The molecular weight excluding hydrogens is 388 g/mol. The maximum Gasteiger partial charge on any atom is 0.264 e. The summed E-state index contributed by atoms with van der Waals surface area (Å²) in [6.07, 6.45) is 5.89. The molecule has 1 aliphatic carbocycles. The van der Waals surface area contributed by atoms with Crippen molar-refractivity contribution in [3.63, 3.8) is 0 Å². The molecule has 0 atom stereocenters. The van der Waals surface area contributed by atoms with Crippen LogP contribution in [0.5, 0.6) is 5.75 Å². The molecule has 0 aromatic heterocycles. The number of anilines is 1. The number of hydrogen-bond donors (Lipinski definition) is 1. The van der Waals surface area contributed by atoms with Gasteiger partial charge in [0.2, 0.25) is 5.91 Å². The number of para-hydroxylation sites is 1. The highest BCUT2D eigenvalue weighted by atomic mass is 32.2. The lowest BCUT2D eigenvalue weighted by molar-refractivity contribution is -0.119. The van der Waals surface area contributed by atoms with E-state index in [0.717, 1.165) is 17.1 Å². The Bertz CT molecular complexity index is 892. The summed E-state index contributed by atoms with van der Waals surface area (Å²) in [7, 11) is -2.38. The first-order valence-electron chi connectivity index (χ1n) is 9.99. The Labute approximate surface area is 172 Å². The molecule has 0 heterocycles. The number of hydrogen-bond acceptors (Lipinski definition) is 4. The van der Waals surface area contributed by atoms with Gasteiger partial charge in [-0.3, -0.25) is 9.10 Å². The van der Waals surface area contributed by atoms with Gasteiger partial charge in [0.15, 0.2) is 0 Å². The summed E-state index contributed by atoms with van der Waals surface area (Å²) in [5.74, 6) is 0.757. The molecule has 2 aromatic rings. The smallest absolute Gasteiger partial charge is 0.264 e. The molecule has 1 amide bonds. The van der Waals surface area contributed by atoms with E-state index in [4.69, 9.17) is 4.74 Å². The van der Waals surface area contributed by atoms with Gasteiger partial charge in [0.1, 0.15) is 12.3 Å². The molecule has 1 fully saturated rings. The minimum atomic E-state index is -3.90. The Balaban J connectivity index is 1.77. The lowest BCUT2D eigenvalue weighted by atomic mass is 9.89. The average molecular weight is 417 g/mol. The number of nitrogens with zero attached hydrogens (tertiary/aromatic N) is 1. The van der Waals surface area contributed by atoms with Crippen molar-refractivity contribution >= 4 is 21.6 Å². The Morgan fingerprint density at radius 1 is 1.03 bits per heavy atom. The van der Waals surface area contributed by atoms with Crippen molar-refractivity contribution < 1.29 is 17.9 Å². The zero-order valence-corrected chi connectivity index (χ0v) is 17.5. The van der Waals surface area contributed by atoms with E-state index in [1.54, 1.807) is 36.4 Å². The van der Waals surface area contributed by atoms with E-state index >= 15 is 0 Å². The van der Waals surface area contributed by atoms with Gasteiger partial charge in [0.25, 0.3) is 10.0 Å². The maximum atomic E-state index is 13.3. The number of rotatable bonds is 8. The predicted molar refractivity (Wildman–Crippen MR) is 114 cm³/mol. The number of benzene rings is 2. The van der Waals surface area contributed by atoms with Crippen LogP contribution in [0.25, 0.3) is 0 Å². The highest BCUT2D eigenvalue weighted by Crippen LogP contribution is 2.25. The third kappa shape index (κ3) is 5.50. The summed E-state index contributed by atoms with van der Waals surface area (Å²) in [5, 5.41) is 2.93. The van der Waals surface area contributed by atoms with Gasteiger partial charge in [-0.15, -0.1) is 0 Å². The van der Waals surface area contributed by atoms with Gasteiger partial charge in [-0.2, -0.15) is 0 Å². The van der Waals surface area contributed by atoms with Crippen LogP contribution in [0.4, 0.5) is 5.69 Å². The van der Waals surface area contributed by atoms with E-state index in [2.05, 4.69) is 5.32 Å². The van der Waals surface area contributed by atoms with Crippen molar-refractivity contribution in [1.82, 2.24) is 5.32 Å². The lowest BCUT2D eigenvalue weighted by Crippen LogP contribution is -2.42. The molecule has 0 radical (unpaired) electrons. The van der Waals surface area contributed by atoms with E-state index in [1.165, 1.54) is 38.5 Å². The predicted octanol–water partition coefficient (Wildman–Crippen LogP) is 3.59. The summed E-state index contributed by atoms with van der Waals surface area (Å²) >= 11 is 0. The van der Waals surface area contributed by atoms with Crippen molar-refractivity contribution in [2.45, 2.75) is 37.0 Å². The van der Waals surface area contributed by atoms with Crippen molar-refractivity contribution in [2.24, 2.45) is 5.92 Å². The number of ether oxygens (including phenoxy) is 1. The second-order valence-corrected chi connectivity index (χ2v) is 9.19. The number of nitrogens with one attached hydrogen (secondary N) is 1. The molecule has 6 nitrogen and oxygen atoms in total. The molecule has 1 N–H and O–H groups in total. The molecule has 0 aliphatic heterocycles. The SMILES string of the molecule is COc1ccc(S(=O)(=O)N(CC(=O)NCC2CCCCC2)c2ccccc2)cc1. The summed E-state index contributed by atoms with van der Waals surface area (Å²) in [6, 6.07) is 14.9. The Hall–Kier alpha value is -2.54. The van der Waals surface area contributed by atoms with Gasteiger partial charge in [0, 0.05) is 6.54 Å². The van der Waals surface area contributed by atoms with Crippen LogP contribution in [0, 0.1) is 5.92 Å². The van der Waals surface area contributed by atoms with Crippen molar-refractivity contribution in [2.75, 3.05) is 24.5 Å². The normalized spacial score (nSPS) is 14.9. The van der Waals surface area contributed by atoms with Gasteiger partial charge in [0.05, 0.1) is 17.7 Å². The zero-order chi connectivity index (χ0) is 20.7. The summed E-state index contributed by atoms with van der Waals surface area (Å²) in [5.41, 5.74) is 0.455. The van der Waals surface area contributed by atoms with Crippen molar-refractivity contribution in [3.05, 3.63) is 54.6 Å². The molecule has 0 bridgehead atoms. The van der Waals surface area contributed by atoms with Crippen LogP contribution in [0.15, 0.2) is 59.5 Å². The Morgan fingerprint density at radius 2 is 1.69 bits per heavy atom. The maximum absolute atomic E-state index is 13.3. The number of amides is 1. The highest BCUT2D eigenvalue weighted by molar-refractivity contribution is 7.92. The summed E-state index contributed by atoms with van der Waals surface area (Å²) in [6.45, 7) is 0.342. The van der Waals surface area contributed by atoms with Crippen LogP contribution < -0.4 is 14.4 Å². The van der Waals surface area contributed by atoms with E-state index in [0.29, 0.717) is 23.9 Å². The van der Waals surface area contributed by atoms with Crippen LogP contribution in [0.1, 0.15) is 32.1 Å². The average Bonchev–Trinajstić information content (AvgIpc) is 2.77. The van der Waals surface area contributed by atoms with E-state index in [9.17, 15) is 13.2 Å². The van der Waals surface area contributed by atoms with Gasteiger partial charge >= 0.3 is 0 Å². The fourth-order valence-corrected chi connectivity index (χ4v) is 5.04. The third-order valence-corrected chi connectivity index (χ3v) is 7.08. The first-order chi connectivity index (χ1) is 14.0. The topological polar surface area (TPSA) is 75.7 Å². The minimum Gasteiger partial charge on any atom is -0.497 e. The third-order valence-electron chi connectivity index (χ3n) is 5.29. The Morgan fingerprint density at radius 3 is 2.31 bits per heavy atom. The first-order valence-corrected chi connectivity index (χ1v) is 11.4. The van der Waals surface area contributed by atoms with Gasteiger partial charge in [-0.1, -0.05) is 37.5 Å². The number of carbonyl (C=O) groups excluding carboxylic acids is 1. The molecule has 0 spiro atoms. The van der Waals surface area contributed by atoms with Crippen molar-refractivity contribution in [1.29, 1.82) is 0 Å². The summed E-state index contributed by atoms with van der Waals surface area (Å²) < 4.78 is 32.8. The largest absolute Gasteiger partial charge is 0.497 e. The fraction of sp³-hybridized carbons (Fsp3) is 0.409. The zero-order valence-electron chi connectivity index (χ0n) is 16.7. The second-order valence-electron chi connectivity index (χ2n) is 7.33. The van der Waals surface area contributed by atoms with E-state index < -0.39 is 10.0 Å². The second kappa shape index (κ2) is 9.78. The molecule has 2 aromatic carbocycles. The van der Waals surface area contributed by atoms with Crippen molar-refractivity contribution in [3.8, 4) is 5.75 Å². The number of carbonyl (C=O) groups is 1. The first kappa shape index (κ1) is 21.2. The molecule has 0 saturated heterocycles. The molecule has 1 saturated carbocycles. The van der Waals surface area contributed by atoms with Gasteiger partial charge in [-0.05, 0) is 55.2 Å². The molecular formula is C22H28N2O4S. The van der Waals surface area contributed by atoms with Crippen LogP contribution in [-0.4, -0.2) is 34.5 Å². The van der Waals surface area contributed by atoms with Crippen LogP contribution >= 0.6 is 0 Å². The summed E-state index contributed by atoms with van der Waals surface area (Å²) in [4.78, 5) is 12.7. The number of sulfonamides is 1. The quantitative estimate of drug-likeness (QED) is 0.714. The van der Waals surface area contributed by atoms with Crippen LogP contribution in [0.2, 0.25) is 0 Å². The molecule has 3 rings (SSSR count). The van der Waals surface area contributed by atoms with Gasteiger partial charge in [-0.25, -0.2) is 8.42 Å². The molecule has 156 valence electrons. The molecule has 29 heavy (non-hydrogen) atoms. The lowest BCUT2D eigenvalue weighted by Gasteiger charge is -2.25. The number of methoxy groups -OCH3 is 1. The molecule has 7 heteroatoms. The standard InChI is InChI=1S/C22H28N2O4S/c1-28-20-12-14-21(15-13-20)29(26,27)24(19-10-6-3-7-11-19)17-22(25)23-16-18-8-4-2-5-9-18/h3,6-7,10-15,18H,2,4-5,8-9,16-17H2,1H3,(H,23,25).